The van der Waals surface area contributed by atoms with Crippen molar-refractivity contribution in [3.8, 4) is 11.5 Å². The maximum Gasteiger partial charge on any atom is 0.231 e. The molecule has 2 aromatic carbocycles. The second-order valence-corrected chi connectivity index (χ2v) is 7.99. The molecule has 0 spiro atoms. The minimum Gasteiger partial charge on any atom is -0.454 e. The van der Waals surface area contributed by atoms with Gasteiger partial charge in [0.15, 0.2) is 11.5 Å². The SMILES string of the molecule is O=C(Cc1ccccc1)N1CC[C@](O)(CNCCc2ccc3c(c2)OCO3)[C@@H](O)C1. The van der Waals surface area contributed by atoms with Crippen LogP contribution in [0.2, 0.25) is 0 Å². The third-order valence-corrected chi connectivity index (χ3v) is 5.84. The second-order valence-electron chi connectivity index (χ2n) is 7.99. The molecular formula is C23H28N2O5. The number of likely N-dealkylation sites (tertiary alicyclic amines) is 1. The van der Waals surface area contributed by atoms with Gasteiger partial charge in [-0.2, -0.15) is 0 Å². The Hall–Kier alpha value is -2.61. The van der Waals surface area contributed by atoms with E-state index in [1.54, 1.807) is 4.90 Å². The lowest BCUT2D eigenvalue weighted by Crippen LogP contribution is -2.60. The Bertz CT molecular complexity index is 875. The van der Waals surface area contributed by atoms with E-state index >= 15 is 0 Å². The summed E-state index contributed by atoms with van der Waals surface area (Å²) in [5, 5.41) is 24.6. The van der Waals surface area contributed by atoms with Gasteiger partial charge >= 0.3 is 0 Å². The van der Waals surface area contributed by atoms with Gasteiger partial charge in [-0.3, -0.25) is 4.79 Å². The minimum atomic E-state index is -1.24. The van der Waals surface area contributed by atoms with E-state index in [9.17, 15) is 15.0 Å². The molecule has 2 aliphatic heterocycles. The molecule has 2 aliphatic rings. The van der Waals surface area contributed by atoms with E-state index in [-0.39, 0.29) is 25.8 Å². The molecule has 0 aromatic heterocycles. The molecule has 0 saturated carbocycles. The van der Waals surface area contributed by atoms with Crippen LogP contribution in [0.5, 0.6) is 11.5 Å². The standard InChI is InChI=1S/C23H28N2O5/c26-21-14-25(22(27)13-17-4-2-1-3-5-17)11-9-23(21,28)15-24-10-8-18-6-7-19-20(12-18)30-16-29-19/h1-7,12,21,24,26,28H,8-11,13-16H2/t21-,23-/m0/s1. The van der Waals surface area contributed by atoms with Crippen LogP contribution in [0.15, 0.2) is 48.5 Å². The summed E-state index contributed by atoms with van der Waals surface area (Å²) >= 11 is 0. The maximum absolute atomic E-state index is 12.5. The number of aliphatic hydroxyl groups excluding tert-OH is 1. The molecule has 0 aliphatic carbocycles. The van der Waals surface area contributed by atoms with Crippen LogP contribution in [-0.4, -0.2) is 65.7 Å². The van der Waals surface area contributed by atoms with Crippen LogP contribution in [0.4, 0.5) is 0 Å². The van der Waals surface area contributed by atoms with Gasteiger partial charge in [0, 0.05) is 19.6 Å². The summed E-state index contributed by atoms with van der Waals surface area (Å²) in [6.45, 7) is 1.77. The summed E-state index contributed by atoms with van der Waals surface area (Å²) in [4.78, 5) is 14.2. The van der Waals surface area contributed by atoms with Crippen molar-refractivity contribution < 1.29 is 24.5 Å². The van der Waals surface area contributed by atoms with Gasteiger partial charge in [0.25, 0.3) is 0 Å². The van der Waals surface area contributed by atoms with Gasteiger partial charge in [0.05, 0.1) is 6.42 Å². The van der Waals surface area contributed by atoms with E-state index in [2.05, 4.69) is 5.32 Å². The Morgan fingerprint density at radius 3 is 2.73 bits per heavy atom. The second kappa shape index (κ2) is 9.04. The Kier molecular flexibility index (Phi) is 6.22. The van der Waals surface area contributed by atoms with Gasteiger partial charge in [-0.15, -0.1) is 0 Å². The van der Waals surface area contributed by atoms with E-state index in [0.717, 1.165) is 29.0 Å². The Morgan fingerprint density at radius 1 is 1.13 bits per heavy atom. The molecule has 1 amide bonds. The number of amides is 1. The van der Waals surface area contributed by atoms with Gasteiger partial charge in [0.2, 0.25) is 12.7 Å². The molecule has 7 nitrogen and oxygen atoms in total. The van der Waals surface area contributed by atoms with Gasteiger partial charge < -0.3 is 29.9 Å². The predicted molar refractivity (Wildman–Crippen MR) is 111 cm³/mol. The highest BCUT2D eigenvalue weighted by Gasteiger charge is 2.41. The molecule has 30 heavy (non-hydrogen) atoms. The summed E-state index contributed by atoms with van der Waals surface area (Å²) in [6.07, 6.45) is 0.430. The number of nitrogens with one attached hydrogen (secondary N) is 1. The number of carbonyl (C=O) groups excluding carboxylic acids is 1. The summed E-state index contributed by atoms with van der Waals surface area (Å²) in [7, 11) is 0. The summed E-state index contributed by atoms with van der Waals surface area (Å²) in [6, 6.07) is 15.4. The third-order valence-electron chi connectivity index (χ3n) is 5.84. The molecule has 2 atom stereocenters. The topological polar surface area (TPSA) is 91.3 Å². The fourth-order valence-electron chi connectivity index (χ4n) is 3.91. The van der Waals surface area contributed by atoms with E-state index in [0.29, 0.717) is 25.9 Å². The lowest BCUT2D eigenvalue weighted by molar-refractivity contribution is -0.148. The summed E-state index contributed by atoms with van der Waals surface area (Å²) in [5.41, 5.74) is 0.821. The average Bonchev–Trinajstić information content (AvgIpc) is 3.22. The molecule has 7 heteroatoms. The van der Waals surface area contributed by atoms with E-state index in [1.807, 2.05) is 48.5 Å². The highest BCUT2D eigenvalue weighted by Crippen LogP contribution is 2.32. The van der Waals surface area contributed by atoms with Crippen LogP contribution in [0.1, 0.15) is 17.5 Å². The predicted octanol–water partition coefficient (Wildman–Crippen LogP) is 1.11. The number of hydrogen-bond donors (Lipinski definition) is 3. The zero-order valence-corrected chi connectivity index (χ0v) is 16.9. The molecule has 0 bridgehead atoms. The first-order chi connectivity index (χ1) is 14.5. The van der Waals surface area contributed by atoms with E-state index in [4.69, 9.17) is 9.47 Å². The third kappa shape index (κ3) is 4.75. The Morgan fingerprint density at radius 2 is 1.93 bits per heavy atom. The number of rotatable bonds is 7. The molecule has 0 radical (unpaired) electrons. The molecule has 0 unspecified atom stereocenters. The van der Waals surface area contributed by atoms with Crippen molar-refractivity contribution in [2.75, 3.05) is 33.0 Å². The molecule has 2 aromatic rings. The highest BCUT2D eigenvalue weighted by molar-refractivity contribution is 5.79. The smallest absolute Gasteiger partial charge is 0.231 e. The number of piperidine rings is 1. The van der Waals surface area contributed by atoms with Crippen molar-refractivity contribution in [1.29, 1.82) is 0 Å². The van der Waals surface area contributed by atoms with E-state index in [1.165, 1.54) is 0 Å². The van der Waals surface area contributed by atoms with Crippen molar-refractivity contribution in [2.24, 2.45) is 0 Å². The zero-order chi connectivity index (χ0) is 21.0. The van der Waals surface area contributed by atoms with Crippen molar-refractivity contribution in [3.63, 3.8) is 0 Å². The number of aliphatic hydroxyl groups is 2. The maximum atomic E-state index is 12.5. The number of benzene rings is 2. The number of β-amino-alcohol motifs (C(OH)–C–C–N with tert-alkyl or cyclic N) is 1. The number of nitrogens with zero attached hydrogens (tertiary/aromatic N) is 1. The molecule has 4 rings (SSSR count). The van der Waals surface area contributed by atoms with Crippen molar-refractivity contribution >= 4 is 5.91 Å². The Balaban J connectivity index is 1.22. The van der Waals surface area contributed by atoms with Crippen molar-refractivity contribution in [3.05, 3.63) is 59.7 Å². The van der Waals surface area contributed by atoms with Crippen molar-refractivity contribution in [2.45, 2.75) is 31.0 Å². The van der Waals surface area contributed by atoms with Crippen LogP contribution in [0, 0.1) is 0 Å². The van der Waals surface area contributed by atoms with Crippen molar-refractivity contribution in [1.82, 2.24) is 10.2 Å². The van der Waals surface area contributed by atoms with Crippen LogP contribution < -0.4 is 14.8 Å². The summed E-state index contributed by atoms with van der Waals surface area (Å²) < 4.78 is 10.7. The molecule has 1 saturated heterocycles. The molecule has 1 fully saturated rings. The quantitative estimate of drug-likeness (QED) is 0.591. The molecule has 2 heterocycles. The van der Waals surface area contributed by atoms with Gasteiger partial charge in [0.1, 0.15) is 11.7 Å². The Labute approximate surface area is 176 Å². The van der Waals surface area contributed by atoms with Crippen LogP contribution >= 0.6 is 0 Å². The monoisotopic (exact) mass is 412 g/mol. The van der Waals surface area contributed by atoms with Crippen LogP contribution in [-0.2, 0) is 17.6 Å². The largest absolute Gasteiger partial charge is 0.454 e. The number of ether oxygens (including phenoxy) is 2. The number of hydrogen-bond acceptors (Lipinski definition) is 6. The van der Waals surface area contributed by atoms with E-state index < -0.39 is 11.7 Å². The zero-order valence-electron chi connectivity index (χ0n) is 16.9. The van der Waals surface area contributed by atoms with Crippen LogP contribution in [0.3, 0.4) is 0 Å². The number of carbonyl (C=O) groups is 1. The first kappa shape index (κ1) is 20.7. The molecule has 160 valence electrons. The molecular weight excluding hydrogens is 384 g/mol. The van der Waals surface area contributed by atoms with Gasteiger partial charge in [-0.25, -0.2) is 0 Å². The normalized spacial score (nSPS) is 22.9. The minimum absolute atomic E-state index is 0.0296. The first-order valence-corrected chi connectivity index (χ1v) is 10.3. The average molecular weight is 412 g/mol. The van der Waals surface area contributed by atoms with Gasteiger partial charge in [-0.1, -0.05) is 36.4 Å². The number of fused-ring (bicyclic) bond motifs is 1. The fraction of sp³-hybridized carbons (Fsp3) is 0.435. The first-order valence-electron chi connectivity index (χ1n) is 10.3. The lowest BCUT2D eigenvalue weighted by atomic mass is 9.88. The fourth-order valence-corrected chi connectivity index (χ4v) is 3.91. The highest BCUT2D eigenvalue weighted by atomic mass is 16.7. The lowest BCUT2D eigenvalue weighted by Gasteiger charge is -2.42. The summed E-state index contributed by atoms with van der Waals surface area (Å²) in [5.74, 6) is 1.49. The van der Waals surface area contributed by atoms with Crippen LogP contribution in [0.25, 0.3) is 0 Å². The molecule has 3 N–H and O–H groups in total. The van der Waals surface area contributed by atoms with Gasteiger partial charge in [-0.05, 0) is 42.6 Å².